The van der Waals surface area contributed by atoms with Crippen LogP contribution in [0.4, 0.5) is 5.69 Å². The molecule has 0 saturated carbocycles. The Morgan fingerprint density at radius 2 is 2.08 bits per heavy atom. The number of anilines is 1. The van der Waals surface area contributed by atoms with Crippen molar-refractivity contribution in [3.05, 3.63) is 40.3 Å². The summed E-state index contributed by atoms with van der Waals surface area (Å²) in [6, 6.07) is 6.66. The number of carbonyl (C=O) groups excluding carboxylic acids is 2. The lowest BCUT2D eigenvalue weighted by molar-refractivity contribution is -0.113. The van der Waals surface area contributed by atoms with Crippen molar-refractivity contribution >= 4 is 29.3 Å². The zero-order chi connectivity index (χ0) is 18.9. The number of unbranched alkanes of at least 4 members (excludes halogenated alkanes) is 1. The summed E-state index contributed by atoms with van der Waals surface area (Å²) < 4.78 is 6.51. The number of aromatic amines is 1. The van der Waals surface area contributed by atoms with Gasteiger partial charge in [0, 0.05) is 6.54 Å². The van der Waals surface area contributed by atoms with Crippen molar-refractivity contribution < 1.29 is 14.3 Å². The number of ether oxygens (including phenoxy) is 1. The number of esters is 1. The van der Waals surface area contributed by atoms with E-state index in [0.717, 1.165) is 24.6 Å². The Kier molecular flexibility index (Phi) is 7.46. The summed E-state index contributed by atoms with van der Waals surface area (Å²) in [6.45, 7) is 4.57. The number of thioether (sulfide) groups is 1. The zero-order valence-corrected chi connectivity index (χ0v) is 15.6. The average molecular weight is 378 g/mol. The lowest BCUT2D eigenvalue weighted by Crippen LogP contribution is -2.19. The molecule has 0 radical (unpaired) electrons. The summed E-state index contributed by atoms with van der Waals surface area (Å²) in [4.78, 5) is 35.9. The molecule has 0 aliphatic heterocycles. The fourth-order valence-electron chi connectivity index (χ4n) is 2.22. The van der Waals surface area contributed by atoms with Gasteiger partial charge in [0.25, 0.3) is 0 Å². The second-order valence-corrected chi connectivity index (χ2v) is 6.36. The second-order valence-electron chi connectivity index (χ2n) is 5.42. The number of aromatic nitrogens is 3. The number of amides is 1. The molecule has 0 unspecified atom stereocenters. The molecule has 1 aromatic carbocycles. The summed E-state index contributed by atoms with van der Waals surface area (Å²) >= 11 is 1.16. The van der Waals surface area contributed by atoms with Crippen LogP contribution in [0.2, 0.25) is 0 Å². The Morgan fingerprint density at radius 3 is 2.81 bits per heavy atom. The zero-order valence-electron chi connectivity index (χ0n) is 14.8. The van der Waals surface area contributed by atoms with Crippen LogP contribution in [-0.4, -0.2) is 39.0 Å². The Morgan fingerprint density at radius 1 is 1.31 bits per heavy atom. The highest BCUT2D eigenvalue weighted by molar-refractivity contribution is 7.99. The van der Waals surface area contributed by atoms with Gasteiger partial charge in [-0.05, 0) is 25.5 Å². The average Bonchev–Trinajstić information content (AvgIpc) is 2.98. The normalized spacial score (nSPS) is 10.5. The third-order valence-corrected chi connectivity index (χ3v) is 4.46. The maximum Gasteiger partial charge on any atom is 0.343 e. The summed E-state index contributed by atoms with van der Waals surface area (Å²) in [7, 11) is 0. The van der Waals surface area contributed by atoms with Gasteiger partial charge in [-0.1, -0.05) is 37.2 Å². The number of para-hydroxylation sites is 1. The van der Waals surface area contributed by atoms with E-state index < -0.39 is 5.97 Å². The smallest absolute Gasteiger partial charge is 0.343 e. The Bertz CT molecular complexity index is 815. The number of nitrogens with one attached hydrogen (secondary N) is 2. The van der Waals surface area contributed by atoms with E-state index in [-0.39, 0.29) is 24.0 Å². The lowest BCUT2D eigenvalue weighted by atomic mass is 10.2. The van der Waals surface area contributed by atoms with Crippen LogP contribution in [0.15, 0.2) is 34.2 Å². The largest absolute Gasteiger partial charge is 0.462 e. The highest BCUT2D eigenvalue weighted by Crippen LogP contribution is 2.18. The number of hydrogen-bond acceptors (Lipinski definition) is 6. The first-order valence-electron chi connectivity index (χ1n) is 8.40. The number of H-pyrrole nitrogens is 1. The number of rotatable bonds is 9. The summed E-state index contributed by atoms with van der Waals surface area (Å²) in [5.41, 5.74) is 0.406. The summed E-state index contributed by atoms with van der Waals surface area (Å²) in [6.07, 6.45) is 1.80. The van der Waals surface area contributed by atoms with Crippen LogP contribution in [0.1, 0.15) is 37.0 Å². The van der Waals surface area contributed by atoms with Crippen molar-refractivity contribution in [3.63, 3.8) is 0 Å². The highest BCUT2D eigenvalue weighted by Gasteiger charge is 2.15. The van der Waals surface area contributed by atoms with Gasteiger partial charge in [-0.15, -0.1) is 5.10 Å². The predicted molar refractivity (Wildman–Crippen MR) is 99.5 cm³/mol. The molecule has 0 saturated heterocycles. The van der Waals surface area contributed by atoms with Crippen LogP contribution in [0, 0.1) is 0 Å². The van der Waals surface area contributed by atoms with Crippen LogP contribution < -0.4 is 11.0 Å². The van der Waals surface area contributed by atoms with Crippen LogP contribution in [0.5, 0.6) is 0 Å². The Labute approximate surface area is 155 Å². The Hall–Kier alpha value is -2.55. The highest BCUT2D eigenvalue weighted by atomic mass is 32.2. The molecule has 8 nitrogen and oxygen atoms in total. The van der Waals surface area contributed by atoms with E-state index in [9.17, 15) is 14.4 Å². The molecular weight excluding hydrogens is 356 g/mol. The summed E-state index contributed by atoms with van der Waals surface area (Å²) in [5, 5.41) is 9.53. The maximum absolute atomic E-state index is 12.2. The van der Waals surface area contributed by atoms with E-state index in [1.54, 1.807) is 31.2 Å². The van der Waals surface area contributed by atoms with Crippen molar-refractivity contribution in [2.24, 2.45) is 0 Å². The van der Waals surface area contributed by atoms with Crippen molar-refractivity contribution in [2.45, 2.75) is 38.4 Å². The fraction of sp³-hybridized carbons (Fsp3) is 0.412. The van der Waals surface area contributed by atoms with Gasteiger partial charge in [0.1, 0.15) is 0 Å². The molecule has 1 amide bonds. The molecule has 2 aromatic rings. The third kappa shape index (κ3) is 5.22. The standard InChI is InChI=1S/C17H22N4O4S/c1-3-5-10-21-16(24)19-20-17(21)26-11-14(22)18-13-9-7-6-8-12(13)15(23)25-4-2/h6-9H,3-5,10-11H2,1-2H3,(H,18,22)(H,19,24). The maximum atomic E-state index is 12.2. The number of carbonyl (C=O) groups is 2. The second kappa shape index (κ2) is 9.81. The molecule has 2 rings (SSSR count). The van der Waals surface area contributed by atoms with Crippen LogP contribution in [0.3, 0.4) is 0 Å². The first-order valence-corrected chi connectivity index (χ1v) is 9.39. The van der Waals surface area contributed by atoms with E-state index >= 15 is 0 Å². The molecule has 140 valence electrons. The molecular formula is C17H22N4O4S. The molecule has 1 heterocycles. The van der Waals surface area contributed by atoms with E-state index in [1.165, 1.54) is 4.57 Å². The molecule has 0 spiro atoms. The minimum atomic E-state index is -0.489. The third-order valence-electron chi connectivity index (χ3n) is 3.49. The molecule has 0 bridgehead atoms. The van der Waals surface area contributed by atoms with Gasteiger partial charge in [-0.25, -0.2) is 14.7 Å². The minimum absolute atomic E-state index is 0.0631. The van der Waals surface area contributed by atoms with Gasteiger partial charge in [0.05, 0.1) is 23.6 Å². The quantitative estimate of drug-likeness (QED) is 0.512. The van der Waals surface area contributed by atoms with Gasteiger partial charge >= 0.3 is 11.7 Å². The van der Waals surface area contributed by atoms with Crippen molar-refractivity contribution in [1.82, 2.24) is 14.8 Å². The van der Waals surface area contributed by atoms with Crippen molar-refractivity contribution in [2.75, 3.05) is 17.7 Å². The van der Waals surface area contributed by atoms with E-state index in [2.05, 4.69) is 15.5 Å². The summed E-state index contributed by atoms with van der Waals surface area (Å²) in [5.74, 6) is -0.728. The molecule has 1 aromatic heterocycles. The van der Waals surface area contributed by atoms with E-state index in [4.69, 9.17) is 4.74 Å². The van der Waals surface area contributed by atoms with Gasteiger partial charge in [0.15, 0.2) is 5.16 Å². The number of hydrogen-bond donors (Lipinski definition) is 2. The molecule has 0 aliphatic carbocycles. The first kappa shape index (κ1) is 19.8. The molecule has 0 atom stereocenters. The number of nitrogens with zero attached hydrogens (tertiary/aromatic N) is 2. The van der Waals surface area contributed by atoms with Crippen LogP contribution in [0.25, 0.3) is 0 Å². The fourth-order valence-corrected chi connectivity index (χ4v) is 2.99. The van der Waals surface area contributed by atoms with Crippen LogP contribution >= 0.6 is 11.8 Å². The monoisotopic (exact) mass is 378 g/mol. The topological polar surface area (TPSA) is 106 Å². The first-order chi connectivity index (χ1) is 12.6. The molecule has 9 heteroatoms. The SMILES string of the molecule is CCCCn1c(SCC(=O)Nc2ccccc2C(=O)OCC)n[nH]c1=O. The van der Waals surface area contributed by atoms with Gasteiger partial charge in [-0.3, -0.25) is 9.36 Å². The molecule has 26 heavy (non-hydrogen) atoms. The van der Waals surface area contributed by atoms with Gasteiger partial charge in [-0.2, -0.15) is 0 Å². The van der Waals surface area contributed by atoms with E-state index in [1.807, 2.05) is 6.92 Å². The predicted octanol–water partition coefficient (Wildman–Crippen LogP) is 2.28. The van der Waals surface area contributed by atoms with Gasteiger partial charge in [0.2, 0.25) is 5.91 Å². The van der Waals surface area contributed by atoms with Crippen molar-refractivity contribution in [3.8, 4) is 0 Å². The molecule has 0 fully saturated rings. The van der Waals surface area contributed by atoms with Gasteiger partial charge < -0.3 is 10.1 Å². The molecule has 0 aliphatic rings. The van der Waals surface area contributed by atoms with Crippen LogP contribution in [-0.2, 0) is 16.1 Å². The Balaban J connectivity index is 2.00. The molecule has 2 N–H and O–H groups in total. The van der Waals surface area contributed by atoms with E-state index in [0.29, 0.717) is 23.0 Å². The van der Waals surface area contributed by atoms with Crippen molar-refractivity contribution in [1.29, 1.82) is 0 Å². The minimum Gasteiger partial charge on any atom is -0.462 e. The lowest BCUT2D eigenvalue weighted by Gasteiger charge is -2.10. The number of benzene rings is 1.